The number of benzene rings is 2. The van der Waals surface area contributed by atoms with Crippen molar-refractivity contribution in [1.82, 2.24) is 14.8 Å². The van der Waals surface area contributed by atoms with E-state index < -0.39 is 0 Å². The maximum absolute atomic E-state index is 5.94. The molecule has 1 heterocycles. The zero-order chi connectivity index (χ0) is 18.5. The summed E-state index contributed by atoms with van der Waals surface area (Å²) >= 11 is 7.61. The minimum atomic E-state index is 0.408. The Morgan fingerprint density at radius 1 is 1.04 bits per heavy atom. The fourth-order valence-electron chi connectivity index (χ4n) is 2.74. The van der Waals surface area contributed by atoms with E-state index in [1.54, 1.807) is 11.8 Å². The average molecular weight is 388 g/mol. The monoisotopic (exact) mass is 387 g/mol. The van der Waals surface area contributed by atoms with Crippen LogP contribution in [0.2, 0.25) is 5.02 Å². The molecule has 0 unspecified atom stereocenters. The number of aromatic nitrogens is 3. The fourth-order valence-corrected chi connectivity index (χ4v) is 3.85. The number of halogens is 1. The molecule has 3 aromatic rings. The molecule has 0 atom stereocenters. The molecular formula is C20H22ClN3OS. The molecule has 0 bridgehead atoms. The summed E-state index contributed by atoms with van der Waals surface area (Å²) in [5.74, 6) is 2.53. The summed E-state index contributed by atoms with van der Waals surface area (Å²) in [7, 11) is 0. The molecule has 0 aliphatic rings. The predicted octanol–water partition coefficient (Wildman–Crippen LogP) is 5.44. The fraction of sp³-hybridized carbons (Fsp3) is 0.300. The molecule has 0 radical (unpaired) electrons. The highest BCUT2D eigenvalue weighted by atomic mass is 35.5. The lowest BCUT2D eigenvalue weighted by Gasteiger charge is -2.10. The lowest BCUT2D eigenvalue weighted by atomic mass is 10.1. The lowest BCUT2D eigenvalue weighted by Crippen LogP contribution is -2.07. The minimum Gasteiger partial charge on any atom is -0.486 e. The molecular weight excluding hydrogens is 366 g/mol. The quantitative estimate of drug-likeness (QED) is 0.506. The topological polar surface area (TPSA) is 39.9 Å². The lowest BCUT2D eigenvalue weighted by molar-refractivity contribution is 0.288. The van der Waals surface area contributed by atoms with Crippen LogP contribution in [0.4, 0.5) is 0 Å². The van der Waals surface area contributed by atoms with E-state index in [1.165, 1.54) is 16.7 Å². The highest BCUT2D eigenvalue weighted by Gasteiger charge is 2.12. The van der Waals surface area contributed by atoms with Crippen molar-refractivity contribution < 1.29 is 4.74 Å². The maximum atomic E-state index is 5.94. The molecule has 26 heavy (non-hydrogen) atoms. The van der Waals surface area contributed by atoms with Gasteiger partial charge in [0.25, 0.3) is 0 Å². The van der Waals surface area contributed by atoms with E-state index in [4.69, 9.17) is 16.3 Å². The Balaban J connectivity index is 1.66. The number of ether oxygens (including phenoxy) is 1. The molecule has 0 N–H and O–H groups in total. The van der Waals surface area contributed by atoms with Gasteiger partial charge in [-0.15, -0.1) is 10.2 Å². The molecule has 0 aliphatic heterocycles. The number of hydrogen-bond acceptors (Lipinski definition) is 4. The third-order valence-electron chi connectivity index (χ3n) is 3.95. The number of hydrogen-bond donors (Lipinski definition) is 0. The summed E-state index contributed by atoms with van der Waals surface area (Å²) in [5, 5.41) is 10.3. The van der Waals surface area contributed by atoms with Crippen LogP contribution in [-0.2, 0) is 18.9 Å². The minimum absolute atomic E-state index is 0.408. The summed E-state index contributed by atoms with van der Waals surface area (Å²) in [5.41, 5.74) is 3.59. The summed E-state index contributed by atoms with van der Waals surface area (Å²) in [6.07, 6.45) is 0. The Morgan fingerprint density at radius 2 is 1.73 bits per heavy atom. The molecule has 0 spiro atoms. The third-order valence-corrected chi connectivity index (χ3v) is 5.24. The van der Waals surface area contributed by atoms with Crippen LogP contribution < -0.4 is 4.74 Å². The van der Waals surface area contributed by atoms with Crippen molar-refractivity contribution in [3.63, 3.8) is 0 Å². The highest BCUT2D eigenvalue weighted by molar-refractivity contribution is 7.98. The number of nitrogens with zero attached hydrogens (tertiary/aromatic N) is 3. The van der Waals surface area contributed by atoms with Crippen molar-refractivity contribution in [2.75, 3.05) is 0 Å². The third kappa shape index (κ3) is 4.80. The summed E-state index contributed by atoms with van der Waals surface area (Å²) in [4.78, 5) is 0. The van der Waals surface area contributed by atoms with E-state index in [-0.39, 0.29) is 0 Å². The molecule has 0 saturated heterocycles. The SMILES string of the molecule is CCn1c(COc2cc(C)cc(C)c2)nnc1SCc1ccc(Cl)cc1. The van der Waals surface area contributed by atoms with Crippen LogP contribution >= 0.6 is 23.4 Å². The van der Waals surface area contributed by atoms with Gasteiger partial charge in [-0.1, -0.05) is 41.6 Å². The van der Waals surface area contributed by atoms with Gasteiger partial charge < -0.3 is 9.30 Å². The second kappa shape index (κ2) is 8.60. The highest BCUT2D eigenvalue weighted by Crippen LogP contribution is 2.24. The molecule has 1 aromatic heterocycles. The van der Waals surface area contributed by atoms with Crippen LogP contribution in [0.3, 0.4) is 0 Å². The Bertz CT molecular complexity index is 857. The average Bonchev–Trinajstić information content (AvgIpc) is 3.00. The largest absolute Gasteiger partial charge is 0.486 e. The summed E-state index contributed by atoms with van der Waals surface area (Å²) < 4.78 is 8.04. The molecule has 6 heteroatoms. The van der Waals surface area contributed by atoms with Crippen LogP contribution in [0, 0.1) is 13.8 Å². The van der Waals surface area contributed by atoms with E-state index in [2.05, 4.69) is 41.6 Å². The first kappa shape index (κ1) is 18.8. The van der Waals surface area contributed by atoms with Crippen LogP contribution in [0.5, 0.6) is 5.75 Å². The summed E-state index contributed by atoms with van der Waals surface area (Å²) in [6.45, 7) is 7.45. The Morgan fingerprint density at radius 3 is 2.38 bits per heavy atom. The standard InChI is InChI=1S/C20H22ClN3OS/c1-4-24-19(12-25-18-10-14(2)9-15(3)11-18)22-23-20(24)26-13-16-5-7-17(21)8-6-16/h5-11H,4,12-13H2,1-3H3. The van der Waals surface area contributed by atoms with Crippen molar-refractivity contribution in [3.05, 3.63) is 70.0 Å². The van der Waals surface area contributed by atoms with Crippen LogP contribution in [0.15, 0.2) is 47.6 Å². The van der Waals surface area contributed by atoms with E-state index in [0.717, 1.165) is 34.1 Å². The van der Waals surface area contributed by atoms with E-state index in [9.17, 15) is 0 Å². The van der Waals surface area contributed by atoms with E-state index in [1.807, 2.05) is 36.4 Å². The Hall–Kier alpha value is -1.98. The Kier molecular flexibility index (Phi) is 6.22. The molecule has 0 fully saturated rings. The van der Waals surface area contributed by atoms with Gasteiger partial charge in [-0.3, -0.25) is 0 Å². The first-order valence-corrected chi connectivity index (χ1v) is 9.92. The van der Waals surface area contributed by atoms with Gasteiger partial charge in [-0.2, -0.15) is 0 Å². The van der Waals surface area contributed by atoms with Gasteiger partial charge in [-0.05, 0) is 61.7 Å². The van der Waals surface area contributed by atoms with Crippen LogP contribution in [0.25, 0.3) is 0 Å². The van der Waals surface area contributed by atoms with E-state index in [0.29, 0.717) is 6.61 Å². The van der Waals surface area contributed by atoms with Crippen LogP contribution in [-0.4, -0.2) is 14.8 Å². The molecule has 2 aromatic carbocycles. The number of aryl methyl sites for hydroxylation is 2. The van der Waals surface area contributed by atoms with Gasteiger partial charge in [0.15, 0.2) is 11.0 Å². The second-order valence-electron chi connectivity index (χ2n) is 6.17. The van der Waals surface area contributed by atoms with E-state index >= 15 is 0 Å². The normalized spacial score (nSPS) is 10.9. The maximum Gasteiger partial charge on any atom is 0.191 e. The van der Waals surface area contributed by atoms with Crippen molar-refractivity contribution >= 4 is 23.4 Å². The molecule has 4 nitrogen and oxygen atoms in total. The first-order valence-electron chi connectivity index (χ1n) is 8.55. The number of thioether (sulfide) groups is 1. The predicted molar refractivity (Wildman–Crippen MR) is 107 cm³/mol. The van der Waals surface area contributed by atoms with Crippen molar-refractivity contribution in [2.24, 2.45) is 0 Å². The van der Waals surface area contributed by atoms with Crippen molar-refractivity contribution in [1.29, 1.82) is 0 Å². The van der Waals surface area contributed by atoms with Gasteiger partial charge in [0.05, 0.1) is 0 Å². The zero-order valence-corrected chi connectivity index (χ0v) is 16.8. The number of rotatable bonds is 7. The van der Waals surface area contributed by atoms with Crippen molar-refractivity contribution in [2.45, 2.75) is 44.8 Å². The van der Waals surface area contributed by atoms with Gasteiger partial charge >= 0.3 is 0 Å². The van der Waals surface area contributed by atoms with Gasteiger partial charge in [0, 0.05) is 17.3 Å². The molecule has 3 rings (SSSR count). The first-order chi connectivity index (χ1) is 12.5. The summed E-state index contributed by atoms with van der Waals surface area (Å²) in [6, 6.07) is 14.1. The van der Waals surface area contributed by atoms with Crippen LogP contribution in [0.1, 0.15) is 29.4 Å². The molecule has 0 saturated carbocycles. The second-order valence-corrected chi connectivity index (χ2v) is 7.55. The van der Waals surface area contributed by atoms with Gasteiger partial charge in [0.1, 0.15) is 12.4 Å². The van der Waals surface area contributed by atoms with Crippen molar-refractivity contribution in [3.8, 4) is 5.75 Å². The molecule has 136 valence electrons. The molecule has 0 aliphatic carbocycles. The molecule has 0 amide bonds. The van der Waals surface area contributed by atoms with Gasteiger partial charge in [0.2, 0.25) is 0 Å². The Labute approximate surface area is 163 Å². The van der Waals surface area contributed by atoms with Gasteiger partial charge in [-0.25, -0.2) is 0 Å². The zero-order valence-electron chi connectivity index (χ0n) is 15.2. The smallest absolute Gasteiger partial charge is 0.191 e.